The van der Waals surface area contributed by atoms with Gasteiger partial charge in [-0.15, -0.1) is 0 Å². The molecule has 0 unspecified atom stereocenters. The van der Waals surface area contributed by atoms with E-state index < -0.39 is 0 Å². The van der Waals surface area contributed by atoms with Crippen molar-refractivity contribution in [3.8, 4) is 0 Å². The molecule has 1 saturated heterocycles. The largest absolute Gasteiger partial charge is 0.465 e. The minimum atomic E-state index is -0.147. The van der Waals surface area contributed by atoms with E-state index in [4.69, 9.17) is 28.2 Å². The molecular weight excluding hydrogens is 340 g/mol. The van der Waals surface area contributed by atoms with Gasteiger partial charge in [0.25, 0.3) is 5.91 Å². The molecule has 4 nitrogen and oxygen atoms in total. The maximum atomic E-state index is 12.4. The number of thiocarbonyl (C=S) groups is 1. The van der Waals surface area contributed by atoms with E-state index in [0.717, 1.165) is 5.69 Å². The third kappa shape index (κ3) is 3.19. The number of amides is 1. The van der Waals surface area contributed by atoms with Crippen molar-refractivity contribution in [3.05, 3.63) is 58.3 Å². The standard InChI is InChI=1S/C15H11ClN2O2S2/c16-11-5-1-2-6-12(11)17-9-18-14(19)13(22-15(18)21)8-10-4-3-7-20-10/h1-8,17H,9H2/b13-8+. The summed E-state index contributed by atoms with van der Waals surface area (Å²) in [5.74, 6) is 0.477. The van der Waals surface area contributed by atoms with E-state index >= 15 is 0 Å². The van der Waals surface area contributed by atoms with E-state index in [1.807, 2.05) is 18.2 Å². The second-order valence-electron chi connectivity index (χ2n) is 4.44. The van der Waals surface area contributed by atoms with Crippen LogP contribution in [0.4, 0.5) is 5.69 Å². The number of rotatable bonds is 4. The van der Waals surface area contributed by atoms with Crippen LogP contribution in [0.5, 0.6) is 0 Å². The Morgan fingerprint density at radius 1 is 1.32 bits per heavy atom. The van der Waals surface area contributed by atoms with Gasteiger partial charge in [-0.1, -0.05) is 47.7 Å². The normalized spacial score (nSPS) is 16.6. The van der Waals surface area contributed by atoms with Crippen molar-refractivity contribution < 1.29 is 9.21 Å². The molecule has 1 N–H and O–H groups in total. The number of nitrogens with one attached hydrogen (secondary N) is 1. The number of halogens is 1. The molecule has 1 aromatic carbocycles. The number of para-hydroxylation sites is 1. The average Bonchev–Trinajstić information content (AvgIpc) is 3.09. The van der Waals surface area contributed by atoms with Crippen LogP contribution >= 0.6 is 35.6 Å². The van der Waals surface area contributed by atoms with E-state index in [1.165, 1.54) is 16.7 Å². The minimum Gasteiger partial charge on any atom is -0.465 e. The topological polar surface area (TPSA) is 45.5 Å². The lowest BCUT2D eigenvalue weighted by molar-refractivity contribution is -0.121. The summed E-state index contributed by atoms with van der Waals surface area (Å²) in [6, 6.07) is 10.9. The average molecular weight is 351 g/mol. The molecule has 0 bridgehead atoms. The smallest absolute Gasteiger partial charge is 0.267 e. The molecule has 0 radical (unpaired) electrons. The number of benzene rings is 1. The van der Waals surface area contributed by atoms with E-state index in [2.05, 4.69) is 5.32 Å². The fourth-order valence-corrected chi connectivity index (χ4v) is 3.35. The second-order valence-corrected chi connectivity index (χ2v) is 6.52. The van der Waals surface area contributed by atoms with Crippen molar-refractivity contribution >= 4 is 57.6 Å². The molecule has 1 aliphatic rings. The zero-order valence-corrected chi connectivity index (χ0v) is 13.7. The number of hydrogen-bond acceptors (Lipinski definition) is 5. The molecule has 112 valence electrons. The van der Waals surface area contributed by atoms with Crippen molar-refractivity contribution in [2.24, 2.45) is 0 Å². The van der Waals surface area contributed by atoms with Gasteiger partial charge in [0.1, 0.15) is 10.1 Å². The van der Waals surface area contributed by atoms with Crippen molar-refractivity contribution in [2.75, 3.05) is 12.0 Å². The molecule has 1 amide bonds. The van der Waals surface area contributed by atoms with Gasteiger partial charge < -0.3 is 9.73 Å². The van der Waals surface area contributed by atoms with Crippen LogP contribution in [0.3, 0.4) is 0 Å². The van der Waals surface area contributed by atoms with Gasteiger partial charge in [0.2, 0.25) is 0 Å². The van der Waals surface area contributed by atoms with Gasteiger partial charge in [0.15, 0.2) is 0 Å². The molecule has 2 heterocycles. The molecule has 0 saturated carbocycles. The maximum Gasteiger partial charge on any atom is 0.267 e. The maximum absolute atomic E-state index is 12.4. The lowest BCUT2D eigenvalue weighted by Crippen LogP contribution is -2.33. The van der Waals surface area contributed by atoms with Gasteiger partial charge in [0.05, 0.1) is 28.5 Å². The van der Waals surface area contributed by atoms with Crippen LogP contribution in [0.2, 0.25) is 5.02 Å². The van der Waals surface area contributed by atoms with E-state index in [1.54, 1.807) is 30.5 Å². The van der Waals surface area contributed by atoms with Gasteiger partial charge >= 0.3 is 0 Å². The molecule has 1 fully saturated rings. The Kier molecular flexibility index (Phi) is 4.52. The summed E-state index contributed by atoms with van der Waals surface area (Å²) in [7, 11) is 0. The Bertz CT molecular complexity index is 744. The molecule has 0 spiro atoms. The molecule has 22 heavy (non-hydrogen) atoms. The van der Waals surface area contributed by atoms with Gasteiger partial charge in [-0.25, -0.2) is 0 Å². The zero-order chi connectivity index (χ0) is 15.5. The van der Waals surface area contributed by atoms with Crippen LogP contribution in [0.1, 0.15) is 5.76 Å². The summed E-state index contributed by atoms with van der Waals surface area (Å²) < 4.78 is 5.72. The van der Waals surface area contributed by atoms with Crippen molar-refractivity contribution in [1.82, 2.24) is 4.90 Å². The Balaban J connectivity index is 1.71. The summed E-state index contributed by atoms with van der Waals surface area (Å²) >= 11 is 12.6. The summed E-state index contributed by atoms with van der Waals surface area (Å²) in [4.78, 5) is 14.4. The first-order valence-corrected chi connectivity index (χ1v) is 8.03. The number of anilines is 1. The predicted molar refractivity (Wildman–Crippen MR) is 93.7 cm³/mol. The number of thioether (sulfide) groups is 1. The number of furan rings is 1. The molecule has 3 rings (SSSR count). The monoisotopic (exact) mass is 350 g/mol. The Hall–Kier alpha value is -1.76. The van der Waals surface area contributed by atoms with Crippen LogP contribution in [0.25, 0.3) is 6.08 Å². The fourth-order valence-electron chi connectivity index (χ4n) is 1.91. The third-order valence-corrected chi connectivity index (χ3v) is 4.70. The lowest BCUT2D eigenvalue weighted by atomic mass is 10.3. The first-order chi connectivity index (χ1) is 10.6. The van der Waals surface area contributed by atoms with Crippen LogP contribution in [-0.4, -0.2) is 21.8 Å². The fraction of sp³-hybridized carbons (Fsp3) is 0.0667. The summed E-state index contributed by atoms with van der Waals surface area (Å²) in [5.41, 5.74) is 0.758. The predicted octanol–water partition coefficient (Wildman–Crippen LogP) is 4.20. The Labute approximate surface area is 142 Å². The van der Waals surface area contributed by atoms with E-state index in [-0.39, 0.29) is 12.6 Å². The Morgan fingerprint density at radius 2 is 2.14 bits per heavy atom. The summed E-state index contributed by atoms with van der Waals surface area (Å²) in [6.07, 6.45) is 3.25. The number of carbonyl (C=O) groups is 1. The molecule has 2 aromatic rings. The molecule has 1 aromatic heterocycles. The third-order valence-electron chi connectivity index (χ3n) is 2.99. The highest BCUT2D eigenvalue weighted by Gasteiger charge is 2.32. The van der Waals surface area contributed by atoms with Gasteiger partial charge in [-0.2, -0.15) is 0 Å². The summed E-state index contributed by atoms with van der Waals surface area (Å²) in [5, 5.41) is 3.71. The van der Waals surface area contributed by atoms with Crippen molar-refractivity contribution in [1.29, 1.82) is 0 Å². The SMILES string of the molecule is O=C1/C(=C\c2ccco2)SC(=S)N1CNc1ccccc1Cl. The second kappa shape index (κ2) is 6.56. The van der Waals surface area contributed by atoms with Crippen molar-refractivity contribution in [2.45, 2.75) is 0 Å². The van der Waals surface area contributed by atoms with Crippen LogP contribution < -0.4 is 5.32 Å². The van der Waals surface area contributed by atoms with Gasteiger partial charge in [0, 0.05) is 6.08 Å². The quantitative estimate of drug-likeness (QED) is 0.661. The zero-order valence-electron chi connectivity index (χ0n) is 11.3. The number of carbonyl (C=O) groups excluding carboxylic acids is 1. The van der Waals surface area contributed by atoms with Crippen LogP contribution in [-0.2, 0) is 4.79 Å². The molecule has 0 aliphatic carbocycles. The summed E-state index contributed by atoms with van der Waals surface area (Å²) in [6.45, 7) is 0.268. The highest BCUT2D eigenvalue weighted by Crippen LogP contribution is 2.32. The number of nitrogens with zero attached hydrogens (tertiary/aromatic N) is 1. The van der Waals surface area contributed by atoms with Gasteiger partial charge in [-0.05, 0) is 24.3 Å². The molecule has 0 atom stereocenters. The van der Waals surface area contributed by atoms with Crippen molar-refractivity contribution in [3.63, 3.8) is 0 Å². The van der Waals surface area contributed by atoms with Crippen LogP contribution in [0, 0.1) is 0 Å². The number of hydrogen-bond donors (Lipinski definition) is 1. The Morgan fingerprint density at radius 3 is 2.86 bits per heavy atom. The minimum absolute atomic E-state index is 0.147. The highest BCUT2D eigenvalue weighted by molar-refractivity contribution is 8.26. The lowest BCUT2D eigenvalue weighted by Gasteiger charge is -2.16. The molecule has 1 aliphatic heterocycles. The van der Waals surface area contributed by atoms with E-state index in [0.29, 0.717) is 20.0 Å². The van der Waals surface area contributed by atoms with Gasteiger partial charge in [-0.3, -0.25) is 9.69 Å². The highest BCUT2D eigenvalue weighted by atomic mass is 35.5. The first kappa shape index (κ1) is 15.1. The molecule has 7 heteroatoms. The van der Waals surface area contributed by atoms with E-state index in [9.17, 15) is 4.79 Å². The first-order valence-electron chi connectivity index (χ1n) is 6.42. The van der Waals surface area contributed by atoms with Crippen LogP contribution in [0.15, 0.2) is 52.0 Å². The molecular formula is C15H11ClN2O2S2.